The average Bonchev–Trinajstić information content (AvgIpc) is 2.88. The number of imide groups is 1. The smallest absolute Gasteiger partial charge is 0.237 e. The van der Waals surface area contributed by atoms with E-state index in [0.29, 0.717) is 11.5 Å². The fraction of sp³-hybridized carbons (Fsp3) is 0.300. The van der Waals surface area contributed by atoms with E-state index in [4.69, 9.17) is 9.47 Å². The molecule has 3 rings (SSSR count). The van der Waals surface area contributed by atoms with Crippen molar-refractivity contribution in [3.63, 3.8) is 0 Å². The highest BCUT2D eigenvalue weighted by atomic mass is 127. The molecule has 1 aliphatic rings. The number of para-hydroxylation sites is 1. The molecule has 2 aromatic rings. The highest BCUT2D eigenvalue weighted by molar-refractivity contribution is 14.1. The summed E-state index contributed by atoms with van der Waals surface area (Å²) in [5.41, 5.74) is 2.72. The lowest BCUT2D eigenvalue weighted by Crippen LogP contribution is -2.30. The largest absolute Gasteiger partial charge is 0.493 e. The Morgan fingerprint density at radius 2 is 1.92 bits per heavy atom. The van der Waals surface area contributed by atoms with Crippen molar-refractivity contribution in [1.29, 1.82) is 0 Å². The zero-order valence-electron chi connectivity index (χ0n) is 14.9. The number of methoxy groups -OCH3 is 2. The van der Waals surface area contributed by atoms with Crippen molar-refractivity contribution in [2.75, 3.05) is 14.2 Å². The highest BCUT2D eigenvalue weighted by Crippen LogP contribution is 2.35. The van der Waals surface area contributed by atoms with Gasteiger partial charge in [-0.3, -0.25) is 14.5 Å². The maximum absolute atomic E-state index is 12.9. The maximum atomic E-state index is 12.9. The Morgan fingerprint density at radius 1 is 1.15 bits per heavy atom. The number of nitrogens with zero attached hydrogens (tertiary/aromatic N) is 1. The van der Waals surface area contributed by atoms with E-state index in [1.807, 2.05) is 37.3 Å². The van der Waals surface area contributed by atoms with Crippen LogP contribution in [0.15, 0.2) is 36.4 Å². The summed E-state index contributed by atoms with van der Waals surface area (Å²) < 4.78 is 11.8. The molecule has 136 valence electrons. The number of ether oxygens (including phenoxy) is 2. The number of halogens is 1. The summed E-state index contributed by atoms with van der Waals surface area (Å²) in [6.07, 6.45) is 0.199. The maximum Gasteiger partial charge on any atom is 0.237 e. The van der Waals surface area contributed by atoms with Crippen molar-refractivity contribution in [3.8, 4) is 11.5 Å². The number of rotatable bonds is 5. The minimum absolute atomic E-state index is 0.165. The summed E-state index contributed by atoms with van der Waals surface area (Å²) in [7, 11) is 3.11. The molecule has 0 N–H and O–H groups in total. The second-order valence-corrected chi connectivity index (χ2v) is 7.54. The summed E-state index contributed by atoms with van der Waals surface area (Å²) in [6, 6.07) is 11.4. The molecule has 2 aromatic carbocycles. The van der Waals surface area contributed by atoms with E-state index in [-0.39, 0.29) is 24.8 Å². The lowest BCUT2D eigenvalue weighted by atomic mass is 9.96. The Balaban J connectivity index is 1.89. The molecule has 1 atom stereocenters. The molecule has 0 spiro atoms. The third kappa shape index (κ3) is 3.56. The van der Waals surface area contributed by atoms with Crippen LogP contribution in [0.1, 0.15) is 29.0 Å². The van der Waals surface area contributed by atoms with Crippen molar-refractivity contribution in [1.82, 2.24) is 4.90 Å². The fourth-order valence-electron chi connectivity index (χ4n) is 3.32. The van der Waals surface area contributed by atoms with E-state index < -0.39 is 5.92 Å². The zero-order chi connectivity index (χ0) is 18.8. The van der Waals surface area contributed by atoms with Crippen LogP contribution in [-0.2, 0) is 16.1 Å². The molecule has 2 amide bonds. The van der Waals surface area contributed by atoms with Crippen LogP contribution >= 0.6 is 22.6 Å². The van der Waals surface area contributed by atoms with Gasteiger partial charge in [-0.05, 0) is 58.8 Å². The van der Waals surface area contributed by atoms with Crippen molar-refractivity contribution in [2.45, 2.75) is 25.8 Å². The van der Waals surface area contributed by atoms with Gasteiger partial charge in [0.1, 0.15) is 0 Å². The standard InChI is InChI=1S/C20H20INO4/c1-12-7-14(9-15(21)8-12)16-10-18(23)22(20(16)24)11-13-5-4-6-17(25-2)19(13)26-3/h4-9,16H,10-11H2,1-3H3. The predicted octanol–water partition coefficient (Wildman–Crippen LogP) is 3.66. The van der Waals surface area contributed by atoms with Gasteiger partial charge >= 0.3 is 0 Å². The van der Waals surface area contributed by atoms with Crippen LogP contribution in [-0.4, -0.2) is 30.9 Å². The van der Waals surface area contributed by atoms with Gasteiger partial charge in [0.2, 0.25) is 11.8 Å². The average molecular weight is 465 g/mol. The van der Waals surface area contributed by atoms with Crippen LogP contribution in [0.5, 0.6) is 11.5 Å². The van der Waals surface area contributed by atoms with Crippen LogP contribution in [0, 0.1) is 10.5 Å². The second-order valence-electron chi connectivity index (χ2n) is 6.29. The first-order chi connectivity index (χ1) is 12.4. The predicted molar refractivity (Wildman–Crippen MR) is 106 cm³/mol. The molecule has 0 bridgehead atoms. The molecule has 0 radical (unpaired) electrons. The number of carbonyl (C=O) groups is 2. The number of aryl methyl sites for hydroxylation is 1. The van der Waals surface area contributed by atoms with Crippen molar-refractivity contribution < 1.29 is 19.1 Å². The number of hydrogen-bond acceptors (Lipinski definition) is 4. The molecular formula is C20H20INO4. The third-order valence-corrected chi connectivity index (χ3v) is 5.15. The van der Waals surface area contributed by atoms with Crippen LogP contribution in [0.2, 0.25) is 0 Å². The van der Waals surface area contributed by atoms with E-state index in [0.717, 1.165) is 20.3 Å². The summed E-state index contributed by atoms with van der Waals surface area (Å²) in [5.74, 6) is 0.369. The third-order valence-electron chi connectivity index (χ3n) is 4.52. The summed E-state index contributed by atoms with van der Waals surface area (Å²) >= 11 is 2.23. The molecule has 0 saturated carbocycles. The van der Waals surface area contributed by atoms with Crippen LogP contribution in [0.25, 0.3) is 0 Å². The molecule has 26 heavy (non-hydrogen) atoms. The Labute approximate surface area is 166 Å². The van der Waals surface area contributed by atoms with E-state index in [2.05, 4.69) is 22.6 Å². The second kappa shape index (κ2) is 7.65. The summed E-state index contributed by atoms with van der Waals surface area (Å²) in [4.78, 5) is 26.8. The summed E-state index contributed by atoms with van der Waals surface area (Å²) in [6.45, 7) is 2.17. The van der Waals surface area contributed by atoms with E-state index in [1.165, 1.54) is 4.90 Å². The van der Waals surface area contributed by atoms with Gasteiger partial charge in [0.25, 0.3) is 0 Å². The Hall–Kier alpha value is -2.09. The van der Waals surface area contributed by atoms with Crippen molar-refractivity contribution in [3.05, 3.63) is 56.7 Å². The van der Waals surface area contributed by atoms with Gasteiger partial charge in [0.15, 0.2) is 11.5 Å². The molecule has 0 aliphatic carbocycles. The molecule has 6 heteroatoms. The monoisotopic (exact) mass is 465 g/mol. The Morgan fingerprint density at radius 3 is 2.58 bits per heavy atom. The van der Waals surface area contributed by atoms with Gasteiger partial charge in [-0.1, -0.05) is 18.2 Å². The molecule has 1 heterocycles. The number of carbonyl (C=O) groups excluding carboxylic acids is 2. The van der Waals surface area contributed by atoms with E-state index in [9.17, 15) is 9.59 Å². The number of hydrogen-bond donors (Lipinski definition) is 0. The molecule has 5 nitrogen and oxygen atoms in total. The van der Waals surface area contributed by atoms with Gasteiger partial charge in [0, 0.05) is 15.6 Å². The Kier molecular flexibility index (Phi) is 5.50. The lowest BCUT2D eigenvalue weighted by Gasteiger charge is -2.18. The highest BCUT2D eigenvalue weighted by Gasteiger charge is 2.39. The SMILES string of the molecule is COc1cccc(CN2C(=O)CC(c3cc(C)cc(I)c3)C2=O)c1OC. The first kappa shape index (κ1) is 18.7. The van der Waals surface area contributed by atoms with Crippen LogP contribution in [0.4, 0.5) is 0 Å². The fourth-order valence-corrected chi connectivity index (χ4v) is 4.17. The van der Waals surface area contributed by atoms with Gasteiger partial charge < -0.3 is 9.47 Å². The van der Waals surface area contributed by atoms with E-state index >= 15 is 0 Å². The minimum atomic E-state index is -0.424. The van der Waals surface area contributed by atoms with Crippen molar-refractivity contribution in [2.24, 2.45) is 0 Å². The molecule has 1 unspecified atom stereocenters. The van der Waals surface area contributed by atoms with Gasteiger partial charge in [-0.25, -0.2) is 0 Å². The quantitative estimate of drug-likeness (QED) is 0.500. The minimum Gasteiger partial charge on any atom is -0.493 e. The normalized spacial score (nSPS) is 16.9. The van der Waals surface area contributed by atoms with Gasteiger partial charge in [-0.2, -0.15) is 0 Å². The van der Waals surface area contributed by atoms with Crippen LogP contribution < -0.4 is 9.47 Å². The summed E-state index contributed by atoms with van der Waals surface area (Å²) in [5, 5.41) is 0. The first-order valence-corrected chi connectivity index (χ1v) is 9.33. The molecule has 1 saturated heterocycles. The van der Waals surface area contributed by atoms with E-state index in [1.54, 1.807) is 20.3 Å². The topological polar surface area (TPSA) is 55.8 Å². The number of benzene rings is 2. The van der Waals surface area contributed by atoms with Crippen LogP contribution in [0.3, 0.4) is 0 Å². The molecule has 1 fully saturated rings. The first-order valence-electron chi connectivity index (χ1n) is 8.25. The Bertz CT molecular complexity index is 845. The van der Waals surface area contributed by atoms with Gasteiger partial charge in [-0.15, -0.1) is 0 Å². The number of likely N-dealkylation sites (tertiary alicyclic amines) is 1. The molecule has 0 aromatic heterocycles. The lowest BCUT2D eigenvalue weighted by molar-refractivity contribution is -0.139. The molecule has 1 aliphatic heterocycles. The number of amides is 2. The van der Waals surface area contributed by atoms with Gasteiger partial charge in [0.05, 0.1) is 26.7 Å². The molecular weight excluding hydrogens is 445 g/mol. The van der Waals surface area contributed by atoms with Crippen molar-refractivity contribution >= 4 is 34.4 Å². The zero-order valence-corrected chi connectivity index (χ0v) is 17.1.